The molecule has 5 nitrogen and oxygen atoms in total. The molecule has 0 aromatic heterocycles. The van der Waals surface area contributed by atoms with Gasteiger partial charge in [-0.25, -0.2) is 4.79 Å². The number of hydrogen-bond donors (Lipinski definition) is 2. The highest BCUT2D eigenvalue weighted by molar-refractivity contribution is 5.87. The molecule has 0 radical (unpaired) electrons. The zero-order valence-corrected chi connectivity index (χ0v) is 11.5. The minimum atomic E-state index is -0.890. The predicted molar refractivity (Wildman–Crippen MR) is 74.1 cm³/mol. The molecule has 0 aromatic carbocycles. The van der Waals surface area contributed by atoms with Crippen molar-refractivity contribution >= 4 is 5.97 Å². The molecule has 0 aliphatic heterocycles. The van der Waals surface area contributed by atoms with E-state index in [4.69, 9.17) is 20.9 Å². The number of ether oxygens (including phenoxy) is 2. The molecule has 0 saturated carbocycles. The Labute approximate surface area is 113 Å². The van der Waals surface area contributed by atoms with Gasteiger partial charge in [-0.05, 0) is 25.8 Å². The van der Waals surface area contributed by atoms with E-state index in [0.29, 0.717) is 24.4 Å². The molecular weight excluding hydrogens is 244 g/mol. The Kier molecular flexibility index (Phi) is 5.47. The third kappa shape index (κ3) is 3.76. The average Bonchev–Trinajstić information content (AvgIpc) is 2.35. The van der Waals surface area contributed by atoms with Gasteiger partial charge >= 0.3 is 5.97 Å². The molecule has 0 saturated heterocycles. The second-order valence-electron chi connectivity index (χ2n) is 4.75. The van der Waals surface area contributed by atoms with Crippen LogP contribution in [0.4, 0.5) is 0 Å². The van der Waals surface area contributed by atoms with Crippen molar-refractivity contribution in [3.63, 3.8) is 0 Å². The van der Waals surface area contributed by atoms with Gasteiger partial charge in [0, 0.05) is 25.3 Å². The van der Waals surface area contributed by atoms with Crippen LogP contribution in [-0.2, 0) is 14.3 Å². The van der Waals surface area contributed by atoms with E-state index in [9.17, 15) is 4.79 Å². The van der Waals surface area contributed by atoms with Crippen molar-refractivity contribution in [3.8, 4) is 0 Å². The number of methoxy groups -OCH3 is 1. The maximum absolute atomic E-state index is 11.6. The Morgan fingerprint density at radius 3 is 2.84 bits per heavy atom. The molecule has 19 heavy (non-hydrogen) atoms. The van der Waals surface area contributed by atoms with Crippen LogP contribution in [0.1, 0.15) is 19.8 Å². The van der Waals surface area contributed by atoms with Gasteiger partial charge in [0.25, 0.3) is 0 Å². The summed E-state index contributed by atoms with van der Waals surface area (Å²) in [4.78, 5) is 11.6. The van der Waals surface area contributed by atoms with Crippen molar-refractivity contribution in [2.75, 3.05) is 13.7 Å². The fraction of sp³-hybridized carbons (Fsp3) is 0.500. The summed E-state index contributed by atoms with van der Waals surface area (Å²) in [6.07, 6.45) is 6.52. The van der Waals surface area contributed by atoms with Crippen LogP contribution in [0.5, 0.6) is 0 Å². The van der Waals surface area contributed by atoms with E-state index >= 15 is 0 Å². The van der Waals surface area contributed by atoms with Crippen LogP contribution < -0.4 is 11.5 Å². The zero-order valence-electron chi connectivity index (χ0n) is 11.5. The number of allylic oxidation sites excluding steroid dienone is 2. The number of esters is 1. The molecule has 0 heterocycles. The highest BCUT2D eigenvalue weighted by atomic mass is 16.5. The topological polar surface area (TPSA) is 87.6 Å². The predicted octanol–water partition coefficient (Wildman–Crippen LogP) is 1.01. The highest BCUT2D eigenvalue weighted by Crippen LogP contribution is 2.28. The Morgan fingerprint density at radius 2 is 2.26 bits per heavy atom. The van der Waals surface area contributed by atoms with Gasteiger partial charge in [0.1, 0.15) is 5.76 Å². The molecule has 0 spiro atoms. The summed E-state index contributed by atoms with van der Waals surface area (Å²) >= 11 is 0. The summed E-state index contributed by atoms with van der Waals surface area (Å²) in [5, 5.41) is 0. The van der Waals surface area contributed by atoms with Crippen molar-refractivity contribution in [2.45, 2.75) is 31.3 Å². The summed E-state index contributed by atoms with van der Waals surface area (Å²) in [6, 6.07) is -0.401. The third-order valence-corrected chi connectivity index (χ3v) is 3.11. The van der Waals surface area contributed by atoms with Crippen molar-refractivity contribution in [3.05, 3.63) is 36.1 Å². The first-order valence-corrected chi connectivity index (χ1v) is 6.22. The quantitative estimate of drug-likeness (QED) is 0.425. The lowest BCUT2D eigenvalue weighted by Gasteiger charge is -2.36. The summed E-state index contributed by atoms with van der Waals surface area (Å²) < 4.78 is 10.3. The first kappa shape index (κ1) is 15.6. The smallest absolute Gasteiger partial charge is 0.338 e. The van der Waals surface area contributed by atoms with Gasteiger partial charge < -0.3 is 20.9 Å². The van der Waals surface area contributed by atoms with Crippen LogP contribution in [0.15, 0.2) is 36.1 Å². The molecule has 2 atom stereocenters. The van der Waals surface area contributed by atoms with Crippen LogP contribution in [0.25, 0.3) is 0 Å². The number of hydrogen-bond acceptors (Lipinski definition) is 5. The zero-order chi connectivity index (χ0) is 14.5. The van der Waals surface area contributed by atoms with Gasteiger partial charge in [0.05, 0.1) is 5.54 Å². The fourth-order valence-electron chi connectivity index (χ4n) is 1.87. The van der Waals surface area contributed by atoms with E-state index in [1.54, 1.807) is 32.3 Å². The standard InChI is InChI=1S/C14H22N2O3/c1-10(2)13(17)19-12-7-4-6-11(15)14(12,16)8-5-9-18-3/h4,6-7,11H,1,5,8-9,15-16H2,2-3H3. The number of nitrogens with two attached hydrogens (primary N) is 2. The van der Waals surface area contributed by atoms with E-state index in [0.717, 1.165) is 6.42 Å². The van der Waals surface area contributed by atoms with Crippen molar-refractivity contribution < 1.29 is 14.3 Å². The van der Waals surface area contributed by atoms with Crippen LogP contribution in [0.3, 0.4) is 0 Å². The normalized spacial score (nSPS) is 25.9. The molecule has 5 heteroatoms. The molecule has 4 N–H and O–H groups in total. The lowest BCUT2D eigenvalue weighted by molar-refractivity contribution is -0.136. The lowest BCUT2D eigenvalue weighted by atomic mass is 9.82. The van der Waals surface area contributed by atoms with Gasteiger partial charge in [-0.3, -0.25) is 0 Å². The fourth-order valence-corrected chi connectivity index (χ4v) is 1.87. The molecule has 0 amide bonds. The number of rotatable bonds is 6. The van der Waals surface area contributed by atoms with E-state index in [2.05, 4.69) is 6.58 Å². The Balaban J connectivity index is 2.84. The Bertz CT molecular complexity index is 415. The Morgan fingerprint density at radius 1 is 1.58 bits per heavy atom. The number of carbonyl (C=O) groups is 1. The second kappa shape index (κ2) is 6.65. The summed E-state index contributed by atoms with van der Waals surface area (Å²) in [5.74, 6) is -0.109. The van der Waals surface area contributed by atoms with Gasteiger partial charge in [-0.1, -0.05) is 18.7 Å². The minimum absolute atomic E-state index is 0.322. The largest absolute Gasteiger partial charge is 0.426 e. The first-order chi connectivity index (χ1) is 8.91. The Hall–Kier alpha value is -1.43. The number of carbonyl (C=O) groups excluding carboxylic acids is 1. The van der Waals surface area contributed by atoms with Crippen LogP contribution in [0.2, 0.25) is 0 Å². The molecular formula is C14H22N2O3. The monoisotopic (exact) mass is 266 g/mol. The molecule has 106 valence electrons. The molecule has 0 aromatic rings. The summed E-state index contributed by atoms with van der Waals surface area (Å²) in [7, 11) is 1.63. The summed E-state index contributed by atoms with van der Waals surface area (Å²) in [6.45, 7) is 5.72. The average molecular weight is 266 g/mol. The van der Waals surface area contributed by atoms with Crippen LogP contribution in [-0.4, -0.2) is 31.3 Å². The van der Waals surface area contributed by atoms with E-state index < -0.39 is 17.6 Å². The summed E-state index contributed by atoms with van der Waals surface area (Å²) in [5.41, 5.74) is 11.8. The van der Waals surface area contributed by atoms with Crippen molar-refractivity contribution in [1.82, 2.24) is 0 Å². The highest BCUT2D eigenvalue weighted by Gasteiger charge is 2.39. The molecule has 1 aliphatic carbocycles. The maximum Gasteiger partial charge on any atom is 0.338 e. The van der Waals surface area contributed by atoms with Gasteiger partial charge in [-0.2, -0.15) is 0 Å². The molecule has 0 bridgehead atoms. The van der Waals surface area contributed by atoms with Gasteiger partial charge in [0.15, 0.2) is 0 Å². The van der Waals surface area contributed by atoms with Gasteiger partial charge in [0.2, 0.25) is 0 Å². The first-order valence-electron chi connectivity index (χ1n) is 6.22. The molecule has 2 unspecified atom stereocenters. The van der Waals surface area contributed by atoms with Gasteiger partial charge in [-0.15, -0.1) is 0 Å². The van der Waals surface area contributed by atoms with Crippen LogP contribution in [0, 0.1) is 0 Å². The second-order valence-corrected chi connectivity index (χ2v) is 4.75. The minimum Gasteiger partial charge on any atom is -0.426 e. The maximum atomic E-state index is 11.6. The molecule has 1 rings (SSSR count). The van der Waals surface area contributed by atoms with E-state index in [1.807, 2.05) is 0 Å². The van der Waals surface area contributed by atoms with Crippen molar-refractivity contribution in [1.29, 1.82) is 0 Å². The molecule has 1 aliphatic rings. The van der Waals surface area contributed by atoms with E-state index in [1.165, 1.54) is 0 Å². The van der Waals surface area contributed by atoms with Crippen LogP contribution >= 0.6 is 0 Å². The SMILES string of the molecule is C=C(C)C(=O)OC1=CC=CC(N)C1(N)CCCOC. The molecule has 0 fully saturated rings. The lowest BCUT2D eigenvalue weighted by Crippen LogP contribution is -2.57. The van der Waals surface area contributed by atoms with E-state index in [-0.39, 0.29) is 0 Å². The third-order valence-electron chi connectivity index (χ3n) is 3.11. The van der Waals surface area contributed by atoms with Crippen molar-refractivity contribution in [2.24, 2.45) is 11.5 Å².